The van der Waals surface area contributed by atoms with Crippen molar-refractivity contribution < 1.29 is 0 Å². The van der Waals surface area contributed by atoms with Crippen molar-refractivity contribution in [3.63, 3.8) is 0 Å². The van der Waals surface area contributed by atoms with E-state index in [0.717, 1.165) is 28.5 Å². The number of hydrogen-bond acceptors (Lipinski definition) is 4. The van der Waals surface area contributed by atoms with E-state index in [0.29, 0.717) is 5.92 Å². The Kier molecular flexibility index (Phi) is 4.10. The molecule has 118 valence electrons. The van der Waals surface area contributed by atoms with Gasteiger partial charge in [0.25, 0.3) is 0 Å². The van der Waals surface area contributed by atoms with Crippen molar-refractivity contribution in [2.45, 2.75) is 19.8 Å². The maximum absolute atomic E-state index is 4.66. The number of imidazole rings is 1. The smallest absolute Gasteiger partial charge is 0.183 e. The molecule has 2 heterocycles. The van der Waals surface area contributed by atoms with Crippen LogP contribution in [0.1, 0.15) is 25.5 Å². The van der Waals surface area contributed by atoms with Crippen molar-refractivity contribution >= 4 is 22.8 Å². The van der Waals surface area contributed by atoms with Crippen LogP contribution in [0.4, 0.5) is 17.2 Å². The first kappa shape index (κ1) is 15.2. The van der Waals surface area contributed by atoms with E-state index in [9.17, 15) is 0 Å². The molecule has 2 aromatic heterocycles. The van der Waals surface area contributed by atoms with Crippen LogP contribution in [0.3, 0.4) is 0 Å². The van der Waals surface area contributed by atoms with Crippen molar-refractivity contribution in [3.8, 4) is 0 Å². The van der Waals surface area contributed by atoms with Gasteiger partial charge in [0.1, 0.15) is 5.65 Å². The van der Waals surface area contributed by atoms with E-state index in [2.05, 4.69) is 34.0 Å². The van der Waals surface area contributed by atoms with Crippen molar-refractivity contribution in [1.82, 2.24) is 9.38 Å². The first-order valence-electron chi connectivity index (χ1n) is 7.72. The van der Waals surface area contributed by atoms with E-state index < -0.39 is 0 Å². The van der Waals surface area contributed by atoms with Gasteiger partial charge in [-0.2, -0.15) is 0 Å². The van der Waals surface area contributed by atoms with E-state index in [4.69, 9.17) is 0 Å². The average molecular weight is 307 g/mol. The molecule has 0 saturated carbocycles. The topological polar surface area (TPSA) is 45.3 Å². The summed E-state index contributed by atoms with van der Waals surface area (Å²) in [5.41, 5.74) is 3.83. The van der Waals surface area contributed by atoms with Crippen LogP contribution < -0.4 is 4.90 Å². The second-order valence-corrected chi connectivity index (χ2v) is 6.02. The zero-order valence-electron chi connectivity index (χ0n) is 13.9. The first-order valence-corrected chi connectivity index (χ1v) is 7.72. The summed E-state index contributed by atoms with van der Waals surface area (Å²) in [7, 11) is 4.04. The summed E-state index contributed by atoms with van der Waals surface area (Å²) in [6, 6.07) is 13.9. The van der Waals surface area contributed by atoms with Gasteiger partial charge in [0, 0.05) is 26.0 Å². The molecule has 5 nitrogen and oxygen atoms in total. The Morgan fingerprint density at radius 2 is 1.74 bits per heavy atom. The molecule has 0 aliphatic heterocycles. The Balaban J connectivity index is 1.98. The highest BCUT2D eigenvalue weighted by Gasteiger charge is 2.14. The molecule has 1 aromatic carbocycles. The van der Waals surface area contributed by atoms with Crippen LogP contribution in [-0.2, 0) is 0 Å². The van der Waals surface area contributed by atoms with Gasteiger partial charge in [-0.3, -0.25) is 4.40 Å². The summed E-state index contributed by atoms with van der Waals surface area (Å²) in [6.07, 6.45) is 1.97. The van der Waals surface area contributed by atoms with Gasteiger partial charge in [0.15, 0.2) is 5.82 Å². The van der Waals surface area contributed by atoms with Crippen LogP contribution in [0, 0.1) is 0 Å². The zero-order valence-corrected chi connectivity index (χ0v) is 13.9. The Bertz CT molecular complexity index is 828. The Morgan fingerprint density at radius 1 is 1.00 bits per heavy atom. The van der Waals surface area contributed by atoms with Crippen LogP contribution >= 0.6 is 0 Å². The number of fused-ring (bicyclic) bond motifs is 1. The third kappa shape index (κ3) is 3.08. The summed E-state index contributed by atoms with van der Waals surface area (Å²) >= 11 is 0. The molecule has 0 spiro atoms. The summed E-state index contributed by atoms with van der Waals surface area (Å²) < 4.78 is 1.98. The number of aromatic nitrogens is 2. The number of hydrogen-bond donors (Lipinski definition) is 0. The second kappa shape index (κ2) is 6.20. The lowest BCUT2D eigenvalue weighted by atomic mass is 10.1. The van der Waals surface area contributed by atoms with Crippen molar-refractivity contribution in [2.24, 2.45) is 10.2 Å². The van der Waals surface area contributed by atoms with Gasteiger partial charge in [0.2, 0.25) is 0 Å². The summed E-state index contributed by atoms with van der Waals surface area (Å²) in [6.45, 7) is 4.24. The lowest BCUT2D eigenvalue weighted by Crippen LogP contribution is -2.07. The molecule has 0 aliphatic carbocycles. The fraction of sp³-hybridized carbons (Fsp3) is 0.278. The largest absolute Gasteiger partial charge is 0.378 e. The van der Waals surface area contributed by atoms with Crippen LogP contribution in [0.2, 0.25) is 0 Å². The number of pyridine rings is 1. The van der Waals surface area contributed by atoms with Crippen LogP contribution in [-0.4, -0.2) is 23.5 Å². The Labute approximate surface area is 136 Å². The van der Waals surface area contributed by atoms with Crippen LogP contribution in [0.25, 0.3) is 5.65 Å². The van der Waals surface area contributed by atoms with E-state index in [-0.39, 0.29) is 0 Å². The minimum Gasteiger partial charge on any atom is -0.378 e. The van der Waals surface area contributed by atoms with Gasteiger partial charge in [-0.1, -0.05) is 19.9 Å². The first-order chi connectivity index (χ1) is 11.1. The van der Waals surface area contributed by atoms with Gasteiger partial charge in [-0.15, -0.1) is 10.2 Å². The van der Waals surface area contributed by atoms with Crippen molar-refractivity contribution in [1.29, 1.82) is 0 Å². The molecule has 0 radical (unpaired) electrons. The summed E-state index contributed by atoms with van der Waals surface area (Å²) in [5, 5.41) is 8.86. The predicted molar refractivity (Wildman–Crippen MR) is 94.2 cm³/mol. The highest BCUT2D eigenvalue weighted by molar-refractivity contribution is 5.54. The van der Waals surface area contributed by atoms with E-state index in [1.807, 2.05) is 67.2 Å². The molecule has 0 N–H and O–H groups in total. The van der Waals surface area contributed by atoms with Gasteiger partial charge in [-0.25, -0.2) is 4.98 Å². The molecule has 0 fully saturated rings. The standard InChI is InChI=1S/C18H21N5/c1-13(2)17-18(23-12-6-5-7-16(23)19-17)21-20-14-8-10-15(11-9-14)22(3)4/h5-13H,1-4H3. The third-order valence-electron chi connectivity index (χ3n) is 3.70. The zero-order chi connectivity index (χ0) is 16.4. The molecule has 3 aromatic rings. The maximum atomic E-state index is 4.66. The van der Waals surface area contributed by atoms with Gasteiger partial charge >= 0.3 is 0 Å². The van der Waals surface area contributed by atoms with Gasteiger partial charge in [-0.05, 0) is 42.3 Å². The fourth-order valence-electron chi connectivity index (χ4n) is 2.41. The van der Waals surface area contributed by atoms with Crippen molar-refractivity contribution in [2.75, 3.05) is 19.0 Å². The molecule has 0 amide bonds. The molecule has 0 saturated heterocycles. The molecule has 0 unspecified atom stereocenters. The molecular formula is C18H21N5. The number of anilines is 1. The molecule has 3 rings (SSSR count). The quantitative estimate of drug-likeness (QED) is 0.641. The molecule has 0 bridgehead atoms. The Hall–Kier alpha value is -2.69. The fourth-order valence-corrected chi connectivity index (χ4v) is 2.41. The Morgan fingerprint density at radius 3 is 2.39 bits per heavy atom. The van der Waals surface area contributed by atoms with E-state index >= 15 is 0 Å². The van der Waals surface area contributed by atoms with Crippen molar-refractivity contribution in [3.05, 3.63) is 54.4 Å². The third-order valence-corrected chi connectivity index (χ3v) is 3.70. The number of nitrogens with zero attached hydrogens (tertiary/aromatic N) is 5. The SMILES string of the molecule is CC(C)c1nc2ccccn2c1N=Nc1ccc(N(C)C)cc1. The van der Waals surface area contributed by atoms with Crippen LogP contribution in [0.5, 0.6) is 0 Å². The average Bonchev–Trinajstić information content (AvgIpc) is 2.92. The lowest BCUT2D eigenvalue weighted by Gasteiger charge is -2.11. The number of azo groups is 1. The molecule has 0 atom stereocenters. The highest BCUT2D eigenvalue weighted by Crippen LogP contribution is 2.29. The highest BCUT2D eigenvalue weighted by atomic mass is 15.2. The van der Waals surface area contributed by atoms with Gasteiger partial charge < -0.3 is 4.90 Å². The van der Waals surface area contributed by atoms with Gasteiger partial charge in [0.05, 0.1) is 11.4 Å². The minimum atomic E-state index is 0.292. The normalized spacial score (nSPS) is 11.7. The number of rotatable bonds is 4. The lowest BCUT2D eigenvalue weighted by molar-refractivity contribution is 0.831. The molecule has 0 aliphatic rings. The van der Waals surface area contributed by atoms with E-state index in [1.165, 1.54) is 0 Å². The maximum Gasteiger partial charge on any atom is 0.183 e. The molecule has 5 heteroatoms. The monoisotopic (exact) mass is 307 g/mol. The summed E-state index contributed by atoms with van der Waals surface area (Å²) in [4.78, 5) is 6.72. The second-order valence-electron chi connectivity index (χ2n) is 6.02. The predicted octanol–water partition coefficient (Wildman–Crippen LogP) is 4.94. The minimum absolute atomic E-state index is 0.292. The van der Waals surface area contributed by atoms with Crippen LogP contribution in [0.15, 0.2) is 58.9 Å². The number of benzene rings is 1. The molecular weight excluding hydrogens is 286 g/mol. The van der Waals surface area contributed by atoms with E-state index in [1.54, 1.807) is 0 Å². The summed E-state index contributed by atoms with van der Waals surface area (Å²) in [5.74, 6) is 1.09. The molecule has 23 heavy (non-hydrogen) atoms.